The average Bonchev–Trinajstić information content (AvgIpc) is 3.16. The summed E-state index contributed by atoms with van der Waals surface area (Å²) < 4.78 is 30.1. The lowest BCUT2D eigenvalue weighted by atomic mass is 9.81. The van der Waals surface area contributed by atoms with Crippen LogP contribution in [0.15, 0.2) is 36.0 Å². The van der Waals surface area contributed by atoms with Gasteiger partial charge in [-0.15, -0.1) is 6.58 Å². The largest absolute Gasteiger partial charge is 0.456 e. The van der Waals surface area contributed by atoms with E-state index < -0.39 is 78.1 Å². The van der Waals surface area contributed by atoms with E-state index in [1.807, 2.05) is 26.0 Å². The van der Waals surface area contributed by atoms with Crippen molar-refractivity contribution < 1.29 is 53.4 Å². The number of aliphatic hydroxyl groups excluding tert-OH is 2. The molecule has 2 saturated heterocycles. The molecule has 3 N–H and O–H groups in total. The summed E-state index contributed by atoms with van der Waals surface area (Å²) in [5.41, 5.74) is 1.70. The molecule has 3 fully saturated rings. The molecule has 3 aliphatic heterocycles. The number of rotatable bonds is 7. The molecule has 12 heteroatoms. The predicted molar refractivity (Wildman–Crippen MR) is 208 cm³/mol. The van der Waals surface area contributed by atoms with E-state index in [0.717, 1.165) is 5.57 Å². The number of fused-ring (bicyclic) bond motifs is 3. The molecule has 4 rings (SSSR count). The summed E-state index contributed by atoms with van der Waals surface area (Å²) in [6, 6.07) is -1.00. The third-order valence-corrected chi connectivity index (χ3v) is 12.7. The van der Waals surface area contributed by atoms with Gasteiger partial charge in [-0.05, 0) is 95.5 Å². The van der Waals surface area contributed by atoms with Crippen LogP contribution < -0.4 is 0 Å². The zero-order chi connectivity index (χ0) is 40.6. The van der Waals surface area contributed by atoms with Crippen LogP contribution in [0.5, 0.6) is 0 Å². The highest BCUT2D eigenvalue weighted by Gasteiger charge is 2.56. The summed E-state index contributed by atoms with van der Waals surface area (Å²) >= 11 is 0. The van der Waals surface area contributed by atoms with Gasteiger partial charge in [0.15, 0.2) is 0 Å². The lowest BCUT2D eigenvalue weighted by Crippen LogP contribution is -2.66. The Labute approximate surface area is 328 Å². The van der Waals surface area contributed by atoms with Crippen molar-refractivity contribution in [2.75, 3.05) is 27.9 Å². The normalized spacial score (nSPS) is 40.8. The van der Waals surface area contributed by atoms with Crippen LogP contribution in [-0.4, -0.2) is 120 Å². The number of esters is 1. The minimum atomic E-state index is -2.24. The number of piperidine rings is 1. The first-order chi connectivity index (χ1) is 26.1. The fraction of sp³-hybridized carbons (Fsp3) is 0.791. The molecule has 2 bridgehead atoms. The van der Waals surface area contributed by atoms with Crippen molar-refractivity contribution in [2.45, 2.75) is 160 Å². The van der Waals surface area contributed by atoms with Gasteiger partial charge in [0.1, 0.15) is 24.0 Å². The van der Waals surface area contributed by atoms with Gasteiger partial charge < -0.3 is 43.9 Å². The summed E-state index contributed by atoms with van der Waals surface area (Å²) in [7, 11) is 4.74. The van der Waals surface area contributed by atoms with Gasteiger partial charge in [-0.2, -0.15) is 0 Å². The molecule has 1 saturated carbocycles. The molecule has 55 heavy (non-hydrogen) atoms. The molecule has 0 aromatic heterocycles. The standard InChI is InChI=1S/C43H69NO11/c1-10-13-31-19-25(2)18-26(3)20-37(52-8)40-38(53-9)22-28(5)43(50,55-40)42(49)44-17-12-11-14-32(44)41(48)54-39(29(6)34(46)24-35(31)47)27(4)21-30-15-16-33(45)36(23-30)51-7/h10,19,21,26,28-34,36-40,45-46,50H,1,11-18,20,22-24H2,2-9H3/b25-19?,27-21+/t26-,28+,29+,30-,31+,32-,33+,34-,36+,37-,38-,39+,40+,43+/m0/s1. The maximum atomic E-state index is 14.6. The van der Waals surface area contributed by atoms with Crippen LogP contribution in [0.3, 0.4) is 0 Å². The first-order valence-electron chi connectivity index (χ1n) is 20.4. The monoisotopic (exact) mass is 775 g/mol. The molecule has 0 aromatic carbocycles. The molecule has 14 atom stereocenters. The van der Waals surface area contributed by atoms with Crippen molar-refractivity contribution in [3.8, 4) is 0 Å². The van der Waals surface area contributed by atoms with E-state index in [1.54, 1.807) is 41.3 Å². The minimum absolute atomic E-state index is 0.0262. The van der Waals surface area contributed by atoms with E-state index in [-0.39, 0.29) is 36.7 Å². The number of allylic oxidation sites excluding steroid dienone is 4. The van der Waals surface area contributed by atoms with Crippen molar-refractivity contribution in [2.24, 2.45) is 29.6 Å². The molecule has 0 unspecified atom stereocenters. The van der Waals surface area contributed by atoms with Gasteiger partial charge in [0, 0.05) is 52.0 Å². The molecule has 4 aliphatic rings. The number of nitrogens with zero attached hydrogens (tertiary/aromatic N) is 1. The van der Waals surface area contributed by atoms with Gasteiger partial charge in [0.25, 0.3) is 11.7 Å². The van der Waals surface area contributed by atoms with E-state index in [0.29, 0.717) is 69.8 Å². The number of methoxy groups -OCH3 is 3. The molecule has 1 amide bonds. The Bertz CT molecular complexity index is 1380. The Morgan fingerprint density at radius 1 is 0.945 bits per heavy atom. The lowest BCUT2D eigenvalue weighted by Gasteiger charge is -2.49. The quantitative estimate of drug-likeness (QED) is 0.234. The predicted octanol–water partition coefficient (Wildman–Crippen LogP) is 5.07. The molecule has 0 spiro atoms. The number of ether oxygens (including phenoxy) is 5. The molecule has 3 heterocycles. The van der Waals surface area contributed by atoms with Crippen LogP contribution in [0.2, 0.25) is 0 Å². The highest BCUT2D eigenvalue weighted by molar-refractivity contribution is 5.89. The van der Waals surface area contributed by atoms with Crippen molar-refractivity contribution in [1.82, 2.24) is 4.90 Å². The van der Waals surface area contributed by atoms with E-state index in [1.165, 1.54) is 4.90 Å². The highest BCUT2D eigenvalue weighted by atomic mass is 16.7. The molecule has 0 radical (unpaired) electrons. The smallest absolute Gasteiger partial charge is 0.329 e. The van der Waals surface area contributed by atoms with Crippen LogP contribution >= 0.6 is 0 Å². The van der Waals surface area contributed by atoms with Crippen LogP contribution in [-0.2, 0) is 38.1 Å². The van der Waals surface area contributed by atoms with Crippen molar-refractivity contribution >= 4 is 17.7 Å². The summed E-state index contributed by atoms with van der Waals surface area (Å²) in [5.74, 6) is -5.46. The molecular weight excluding hydrogens is 706 g/mol. The molecule has 0 aromatic rings. The highest BCUT2D eigenvalue weighted by Crippen LogP contribution is 2.40. The maximum absolute atomic E-state index is 14.6. The second kappa shape index (κ2) is 20.3. The first kappa shape index (κ1) is 45.3. The fourth-order valence-electron chi connectivity index (χ4n) is 9.33. The first-order valence-corrected chi connectivity index (χ1v) is 20.4. The number of hydrogen-bond donors (Lipinski definition) is 3. The van der Waals surface area contributed by atoms with Crippen molar-refractivity contribution in [3.05, 3.63) is 36.0 Å². The number of aliphatic hydroxyl groups is 3. The van der Waals surface area contributed by atoms with Crippen LogP contribution in [0.4, 0.5) is 0 Å². The Balaban J connectivity index is 1.78. The van der Waals surface area contributed by atoms with E-state index in [9.17, 15) is 29.7 Å². The summed E-state index contributed by atoms with van der Waals surface area (Å²) in [6.07, 6.45) is 6.20. The average molecular weight is 776 g/mol. The molecule has 1 aliphatic carbocycles. The number of ketones is 1. The number of Topliss-reactive ketones (excluding diaryl/α,β-unsaturated/α-hetero) is 1. The number of carbonyl (C=O) groups excluding carboxylic acids is 3. The second-order valence-corrected chi connectivity index (χ2v) is 16.9. The number of hydrogen-bond acceptors (Lipinski definition) is 11. The van der Waals surface area contributed by atoms with Crippen molar-refractivity contribution in [3.63, 3.8) is 0 Å². The minimum Gasteiger partial charge on any atom is -0.456 e. The number of carbonyl (C=O) groups is 3. The Hall–Kier alpha value is -2.45. The summed E-state index contributed by atoms with van der Waals surface area (Å²) in [4.78, 5) is 44.2. The topological polar surface area (TPSA) is 161 Å². The zero-order valence-electron chi connectivity index (χ0n) is 34.5. The SMILES string of the molecule is C=CC[C@@H]1C=C(C)C[C@H](C)C[C@H](OC)[C@H]2O[C@@](O)(C(=O)N3CCCC[C@H]3C(=O)O[C@H](/C(C)=C/[C@@H]3CC[C@@H](O)[C@H](OC)C3)[C@H](C)[C@@H](O)CC1=O)[C@H](C)C[C@@H]2OC. The lowest BCUT2D eigenvalue weighted by molar-refractivity contribution is -0.309. The number of amides is 1. The van der Waals surface area contributed by atoms with Crippen LogP contribution in [0.1, 0.15) is 105 Å². The molecule has 312 valence electrons. The third-order valence-electron chi connectivity index (χ3n) is 12.7. The van der Waals surface area contributed by atoms with E-state index >= 15 is 0 Å². The Kier molecular flexibility index (Phi) is 16.7. The van der Waals surface area contributed by atoms with E-state index in [2.05, 4.69) is 13.5 Å². The van der Waals surface area contributed by atoms with Gasteiger partial charge in [0.2, 0.25) is 0 Å². The van der Waals surface area contributed by atoms with Gasteiger partial charge in [-0.25, -0.2) is 4.79 Å². The Morgan fingerprint density at radius 3 is 2.27 bits per heavy atom. The third kappa shape index (κ3) is 10.9. The molecule has 12 nitrogen and oxygen atoms in total. The zero-order valence-corrected chi connectivity index (χ0v) is 34.5. The number of cyclic esters (lactones) is 1. The van der Waals surface area contributed by atoms with Gasteiger partial charge in [0.05, 0.1) is 30.5 Å². The van der Waals surface area contributed by atoms with Gasteiger partial charge in [-0.3, -0.25) is 9.59 Å². The van der Waals surface area contributed by atoms with E-state index in [4.69, 9.17) is 23.7 Å². The van der Waals surface area contributed by atoms with Crippen molar-refractivity contribution in [1.29, 1.82) is 0 Å². The van der Waals surface area contributed by atoms with Crippen LogP contribution in [0, 0.1) is 29.6 Å². The van der Waals surface area contributed by atoms with Gasteiger partial charge in [-0.1, -0.05) is 44.6 Å². The van der Waals surface area contributed by atoms with Crippen LogP contribution in [0.25, 0.3) is 0 Å². The van der Waals surface area contributed by atoms with Gasteiger partial charge >= 0.3 is 5.97 Å². The summed E-state index contributed by atoms with van der Waals surface area (Å²) in [6.45, 7) is 13.6. The maximum Gasteiger partial charge on any atom is 0.329 e. The fourth-order valence-corrected chi connectivity index (χ4v) is 9.33. The second-order valence-electron chi connectivity index (χ2n) is 16.9. The molecular formula is C43H69NO11. The Morgan fingerprint density at radius 2 is 1.62 bits per heavy atom. The summed E-state index contributed by atoms with van der Waals surface area (Å²) in [5, 5.41) is 34.3.